The Morgan fingerprint density at radius 3 is 2.58 bits per heavy atom. The van der Waals surface area contributed by atoms with Gasteiger partial charge >= 0.3 is 0 Å². The van der Waals surface area contributed by atoms with Gasteiger partial charge in [-0.1, -0.05) is 30.6 Å². The van der Waals surface area contributed by atoms with Gasteiger partial charge < -0.3 is 16.3 Å². The number of oxime groups is 1. The third-order valence-electron chi connectivity index (χ3n) is 3.09. The highest BCUT2D eigenvalue weighted by Crippen LogP contribution is 2.12. The molecule has 1 aromatic carbocycles. The van der Waals surface area contributed by atoms with E-state index in [0.29, 0.717) is 12.3 Å². The Morgan fingerprint density at radius 2 is 1.95 bits per heavy atom. The van der Waals surface area contributed by atoms with Crippen LogP contribution in [0, 0.1) is 0 Å². The number of rotatable bonds is 9. The van der Waals surface area contributed by atoms with Crippen LogP contribution in [0.15, 0.2) is 29.4 Å². The first-order valence-electron chi connectivity index (χ1n) is 7.05. The van der Waals surface area contributed by atoms with Crippen molar-refractivity contribution in [3.8, 4) is 0 Å². The number of nitrogens with two attached hydrogens (primary N) is 1. The highest BCUT2D eigenvalue weighted by molar-refractivity contribution is 5.79. The van der Waals surface area contributed by atoms with Gasteiger partial charge in [-0.25, -0.2) is 0 Å². The molecular weight excluding hydrogens is 238 g/mol. The Balaban J connectivity index is 2.19. The van der Waals surface area contributed by atoms with E-state index in [9.17, 15) is 0 Å². The molecule has 0 saturated carbocycles. The SMILES string of the molecule is CCCCc1ccc(NCCCCC(N)=NO)cc1. The third kappa shape index (κ3) is 6.70. The maximum Gasteiger partial charge on any atom is 0.139 e. The predicted octanol–water partition coefficient (Wildman–Crippen LogP) is 3.36. The van der Waals surface area contributed by atoms with Crippen molar-refractivity contribution in [2.24, 2.45) is 10.9 Å². The minimum Gasteiger partial charge on any atom is -0.409 e. The first kappa shape index (κ1) is 15.3. The maximum absolute atomic E-state index is 8.40. The summed E-state index contributed by atoms with van der Waals surface area (Å²) in [4.78, 5) is 0. The summed E-state index contributed by atoms with van der Waals surface area (Å²) in [6.45, 7) is 3.12. The standard InChI is InChI=1S/C15H25N3O/c1-2-3-6-13-8-10-14(11-9-13)17-12-5-4-7-15(16)18-19/h8-11,17,19H,2-7,12H2,1H3,(H2,16,18). The summed E-state index contributed by atoms with van der Waals surface area (Å²) in [7, 11) is 0. The third-order valence-corrected chi connectivity index (χ3v) is 3.09. The van der Waals surface area contributed by atoms with Gasteiger partial charge in [0.15, 0.2) is 0 Å². The molecule has 19 heavy (non-hydrogen) atoms. The summed E-state index contributed by atoms with van der Waals surface area (Å²) in [5.41, 5.74) is 7.96. The van der Waals surface area contributed by atoms with Crippen molar-refractivity contribution in [2.45, 2.75) is 45.4 Å². The zero-order chi connectivity index (χ0) is 13.9. The Labute approximate surface area is 115 Å². The first-order chi connectivity index (χ1) is 9.26. The molecule has 0 aliphatic rings. The van der Waals surface area contributed by atoms with Gasteiger partial charge in [-0.3, -0.25) is 0 Å². The quantitative estimate of drug-likeness (QED) is 0.210. The molecule has 4 nitrogen and oxygen atoms in total. The molecule has 1 rings (SSSR count). The zero-order valence-electron chi connectivity index (χ0n) is 11.7. The molecule has 4 heteroatoms. The Hall–Kier alpha value is -1.71. The van der Waals surface area contributed by atoms with Crippen LogP contribution in [0.2, 0.25) is 0 Å². The van der Waals surface area contributed by atoms with Crippen LogP contribution in [0.1, 0.15) is 44.6 Å². The van der Waals surface area contributed by atoms with Crippen LogP contribution in [-0.4, -0.2) is 17.6 Å². The lowest BCUT2D eigenvalue weighted by Gasteiger charge is -2.07. The highest BCUT2D eigenvalue weighted by Gasteiger charge is 1.96. The van der Waals surface area contributed by atoms with Gasteiger partial charge in [0.25, 0.3) is 0 Å². The molecule has 0 radical (unpaired) electrons. The minimum atomic E-state index is 0.306. The monoisotopic (exact) mass is 263 g/mol. The second-order valence-corrected chi connectivity index (χ2v) is 4.78. The zero-order valence-corrected chi connectivity index (χ0v) is 11.7. The van der Waals surface area contributed by atoms with Crippen LogP contribution in [0.3, 0.4) is 0 Å². The molecule has 0 atom stereocenters. The van der Waals surface area contributed by atoms with Crippen molar-refractivity contribution >= 4 is 11.5 Å². The van der Waals surface area contributed by atoms with Gasteiger partial charge in [0.1, 0.15) is 5.84 Å². The van der Waals surface area contributed by atoms with Crippen molar-refractivity contribution in [2.75, 3.05) is 11.9 Å². The lowest BCUT2D eigenvalue weighted by molar-refractivity contribution is 0.316. The van der Waals surface area contributed by atoms with Gasteiger partial charge in [-0.05, 0) is 43.4 Å². The molecule has 0 aromatic heterocycles. The van der Waals surface area contributed by atoms with Gasteiger partial charge in [-0.15, -0.1) is 0 Å². The van der Waals surface area contributed by atoms with Crippen LogP contribution in [0.5, 0.6) is 0 Å². The highest BCUT2D eigenvalue weighted by atomic mass is 16.4. The van der Waals surface area contributed by atoms with E-state index in [1.807, 2.05) is 0 Å². The second kappa shape index (κ2) is 9.25. The molecule has 0 bridgehead atoms. The van der Waals surface area contributed by atoms with Gasteiger partial charge in [0.05, 0.1) is 0 Å². The van der Waals surface area contributed by atoms with Crippen molar-refractivity contribution < 1.29 is 5.21 Å². The van der Waals surface area contributed by atoms with Crippen LogP contribution in [0.25, 0.3) is 0 Å². The lowest BCUT2D eigenvalue weighted by atomic mass is 10.1. The topological polar surface area (TPSA) is 70.6 Å². The lowest BCUT2D eigenvalue weighted by Crippen LogP contribution is -2.11. The number of benzene rings is 1. The van der Waals surface area contributed by atoms with Crippen LogP contribution in [-0.2, 0) is 6.42 Å². The molecule has 0 unspecified atom stereocenters. The van der Waals surface area contributed by atoms with E-state index in [1.54, 1.807) is 0 Å². The Kier molecular flexibility index (Phi) is 7.47. The average molecular weight is 263 g/mol. The number of amidine groups is 1. The van der Waals surface area contributed by atoms with Gasteiger partial charge in [-0.2, -0.15) is 0 Å². The van der Waals surface area contributed by atoms with Gasteiger partial charge in [0, 0.05) is 18.7 Å². The molecule has 0 fully saturated rings. The summed E-state index contributed by atoms with van der Waals surface area (Å²) in [5.74, 6) is 0.306. The van der Waals surface area contributed by atoms with Crippen molar-refractivity contribution in [3.05, 3.63) is 29.8 Å². The van der Waals surface area contributed by atoms with E-state index >= 15 is 0 Å². The van der Waals surface area contributed by atoms with Crippen molar-refractivity contribution in [1.82, 2.24) is 0 Å². The van der Waals surface area contributed by atoms with E-state index in [-0.39, 0.29) is 0 Å². The molecule has 0 aliphatic carbocycles. The molecule has 0 heterocycles. The predicted molar refractivity (Wildman–Crippen MR) is 80.8 cm³/mol. The van der Waals surface area contributed by atoms with Crippen molar-refractivity contribution in [1.29, 1.82) is 0 Å². The summed E-state index contributed by atoms with van der Waals surface area (Å²) in [6, 6.07) is 8.64. The number of unbranched alkanes of at least 4 members (excludes halogenated alkanes) is 2. The molecule has 0 saturated heterocycles. The molecule has 0 spiro atoms. The summed E-state index contributed by atoms with van der Waals surface area (Å²) < 4.78 is 0. The fourth-order valence-electron chi connectivity index (χ4n) is 1.88. The molecule has 106 valence electrons. The fraction of sp³-hybridized carbons (Fsp3) is 0.533. The molecule has 0 amide bonds. The number of hydrogen-bond donors (Lipinski definition) is 3. The number of hydrogen-bond acceptors (Lipinski definition) is 3. The number of aryl methyl sites for hydroxylation is 1. The second-order valence-electron chi connectivity index (χ2n) is 4.78. The number of anilines is 1. The smallest absolute Gasteiger partial charge is 0.139 e. The minimum absolute atomic E-state index is 0.306. The average Bonchev–Trinajstić information content (AvgIpc) is 2.45. The Bertz CT molecular complexity index is 373. The maximum atomic E-state index is 8.40. The molecular formula is C15H25N3O. The van der Waals surface area contributed by atoms with E-state index in [1.165, 1.54) is 18.4 Å². The fourth-order valence-corrected chi connectivity index (χ4v) is 1.88. The van der Waals surface area contributed by atoms with Crippen LogP contribution in [0.4, 0.5) is 5.69 Å². The summed E-state index contributed by atoms with van der Waals surface area (Å²) >= 11 is 0. The van der Waals surface area contributed by atoms with Crippen LogP contribution >= 0.6 is 0 Å². The van der Waals surface area contributed by atoms with E-state index in [4.69, 9.17) is 10.9 Å². The van der Waals surface area contributed by atoms with Crippen LogP contribution < -0.4 is 11.1 Å². The summed E-state index contributed by atoms with van der Waals surface area (Å²) in [6.07, 6.45) is 6.23. The van der Waals surface area contributed by atoms with Crippen molar-refractivity contribution in [3.63, 3.8) is 0 Å². The molecule has 1 aromatic rings. The molecule has 4 N–H and O–H groups in total. The normalized spacial score (nSPS) is 11.5. The first-order valence-corrected chi connectivity index (χ1v) is 7.05. The number of nitrogens with one attached hydrogen (secondary N) is 1. The van der Waals surface area contributed by atoms with E-state index in [2.05, 4.69) is 41.7 Å². The number of nitrogens with zero attached hydrogens (tertiary/aromatic N) is 1. The Morgan fingerprint density at radius 1 is 1.21 bits per heavy atom. The van der Waals surface area contributed by atoms with E-state index < -0.39 is 0 Å². The van der Waals surface area contributed by atoms with E-state index in [0.717, 1.165) is 31.5 Å². The largest absolute Gasteiger partial charge is 0.409 e. The molecule has 0 aliphatic heterocycles. The summed E-state index contributed by atoms with van der Waals surface area (Å²) in [5, 5.41) is 14.7. The van der Waals surface area contributed by atoms with Gasteiger partial charge in [0.2, 0.25) is 0 Å².